The second kappa shape index (κ2) is 7.12. The summed E-state index contributed by atoms with van der Waals surface area (Å²) in [4.78, 5) is 13.7. The van der Waals surface area contributed by atoms with Crippen molar-refractivity contribution in [1.29, 1.82) is 0 Å². The number of ether oxygens (including phenoxy) is 1. The second-order valence-corrected chi connectivity index (χ2v) is 7.20. The first-order valence-electron chi connectivity index (χ1n) is 7.18. The molecule has 1 N–H and O–H groups in total. The van der Waals surface area contributed by atoms with Crippen LogP contribution < -0.4 is 10.1 Å². The third-order valence-corrected chi connectivity index (χ3v) is 5.61. The molecule has 126 valence electrons. The molecular formula is C15H21N3O4S. The van der Waals surface area contributed by atoms with Gasteiger partial charge in [-0.1, -0.05) is 6.58 Å². The van der Waals surface area contributed by atoms with Crippen LogP contribution in [0.2, 0.25) is 0 Å². The lowest BCUT2D eigenvalue weighted by atomic mass is 10.3. The Hall–Kier alpha value is -1.90. The van der Waals surface area contributed by atoms with Gasteiger partial charge in [-0.3, -0.25) is 4.79 Å². The van der Waals surface area contributed by atoms with E-state index in [-0.39, 0.29) is 4.90 Å². The van der Waals surface area contributed by atoms with Crippen LogP contribution >= 0.6 is 0 Å². The van der Waals surface area contributed by atoms with Crippen LogP contribution in [0, 0.1) is 0 Å². The van der Waals surface area contributed by atoms with Crippen molar-refractivity contribution in [3.63, 3.8) is 0 Å². The van der Waals surface area contributed by atoms with Crippen LogP contribution in [0.5, 0.6) is 5.75 Å². The fourth-order valence-electron chi connectivity index (χ4n) is 2.31. The van der Waals surface area contributed by atoms with E-state index < -0.39 is 15.9 Å². The molecule has 7 nitrogen and oxygen atoms in total. The van der Waals surface area contributed by atoms with E-state index >= 15 is 0 Å². The van der Waals surface area contributed by atoms with Crippen molar-refractivity contribution >= 4 is 21.6 Å². The summed E-state index contributed by atoms with van der Waals surface area (Å²) >= 11 is 0. The Bertz CT molecular complexity index is 695. The van der Waals surface area contributed by atoms with Crippen molar-refractivity contribution in [2.24, 2.45) is 0 Å². The second-order valence-electron chi connectivity index (χ2n) is 5.26. The van der Waals surface area contributed by atoms with Gasteiger partial charge in [0.25, 0.3) is 0 Å². The Morgan fingerprint density at radius 2 is 1.96 bits per heavy atom. The lowest BCUT2D eigenvalue weighted by Gasteiger charge is -2.31. The zero-order valence-electron chi connectivity index (χ0n) is 13.3. The van der Waals surface area contributed by atoms with Gasteiger partial charge >= 0.3 is 0 Å². The van der Waals surface area contributed by atoms with Crippen LogP contribution in [0.15, 0.2) is 35.7 Å². The number of amides is 1. The number of nitrogens with zero attached hydrogens (tertiary/aromatic N) is 2. The number of methoxy groups -OCH3 is 1. The lowest BCUT2D eigenvalue weighted by molar-refractivity contribution is -0.111. The monoisotopic (exact) mass is 339 g/mol. The predicted molar refractivity (Wildman–Crippen MR) is 88.1 cm³/mol. The molecule has 0 unspecified atom stereocenters. The molecule has 2 rings (SSSR count). The van der Waals surface area contributed by atoms with Crippen molar-refractivity contribution in [3.05, 3.63) is 30.9 Å². The number of nitrogens with one attached hydrogen (secondary N) is 1. The van der Waals surface area contributed by atoms with E-state index in [4.69, 9.17) is 4.74 Å². The molecule has 23 heavy (non-hydrogen) atoms. The zero-order chi connectivity index (χ0) is 17.0. The number of sulfonamides is 1. The number of rotatable bonds is 5. The van der Waals surface area contributed by atoms with Gasteiger partial charge in [0.05, 0.1) is 17.7 Å². The van der Waals surface area contributed by atoms with E-state index in [1.807, 2.05) is 7.05 Å². The number of carbonyl (C=O) groups excluding carboxylic acids is 1. The van der Waals surface area contributed by atoms with Crippen LogP contribution in [0.1, 0.15) is 0 Å². The van der Waals surface area contributed by atoms with Crippen LogP contribution in [-0.2, 0) is 14.8 Å². The minimum atomic E-state index is -3.60. The molecule has 0 aromatic heterocycles. The van der Waals surface area contributed by atoms with E-state index in [9.17, 15) is 13.2 Å². The first kappa shape index (κ1) is 17.5. The largest absolute Gasteiger partial charge is 0.495 e. The Morgan fingerprint density at radius 3 is 2.52 bits per heavy atom. The summed E-state index contributed by atoms with van der Waals surface area (Å²) in [5.41, 5.74) is 0.299. The van der Waals surface area contributed by atoms with Gasteiger partial charge < -0.3 is 15.0 Å². The summed E-state index contributed by atoms with van der Waals surface area (Å²) in [6.07, 6.45) is 1.11. The van der Waals surface area contributed by atoms with Crippen molar-refractivity contribution in [2.45, 2.75) is 4.90 Å². The Morgan fingerprint density at radius 1 is 1.30 bits per heavy atom. The number of piperazine rings is 1. The number of hydrogen-bond acceptors (Lipinski definition) is 5. The molecule has 0 atom stereocenters. The number of hydrogen-bond donors (Lipinski definition) is 1. The normalized spacial score (nSPS) is 16.8. The predicted octanol–water partition coefficient (Wildman–Crippen LogP) is 0.756. The number of carbonyl (C=O) groups is 1. The molecule has 1 heterocycles. The zero-order valence-corrected chi connectivity index (χ0v) is 14.1. The molecule has 1 aromatic rings. The van der Waals surface area contributed by atoms with Crippen LogP contribution in [0.25, 0.3) is 0 Å². The van der Waals surface area contributed by atoms with E-state index in [2.05, 4.69) is 16.8 Å². The van der Waals surface area contributed by atoms with E-state index in [0.717, 1.165) is 6.08 Å². The standard InChI is InChI=1S/C15H21N3O4S/c1-4-15(19)16-13-11-12(5-6-14(13)22-3)23(20,21)18-9-7-17(2)8-10-18/h4-6,11H,1,7-10H2,2-3H3,(H,16,19). The van der Waals surface area contributed by atoms with Gasteiger partial charge in [0.2, 0.25) is 15.9 Å². The molecule has 8 heteroatoms. The molecule has 1 aliphatic heterocycles. The molecule has 0 bridgehead atoms. The highest BCUT2D eigenvalue weighted by Crippen LogP contribution is 2.29. The molecule has 1 aromatic carbocycles. The van der Waals surface area contributed by atoms with Crippen molar-refractivity contribution in [1.82, 2.24) is 9.21 Å². The van der Waals surface area contributed by atoms with Crippen molar-refractivity contribution in [2.75, 3.05) is 45.7 Å². The topological polar surface area (TPSA) is 79.0 Å². The SMILES string of the molecule is C=CC(=O)Nc1cc(S(=O)(=O)N2CCN(C)CC2)ccc1OC. The summed E-state index contributed by atoms with van der Waals surface area (Å²) in [6, 6.07) is 4.42. The maximum absolute atomic E-state index is 12.7. The molecule has 0 saturated carbocycles. The summed E-state index contributed by atoms with van der Waals surface area (Å²) in [7, 11) is -0.191. The van der Waals surface area contributed by atoms with Gasteiger partial charge in [-0.25, -0.2) is 8.42 Å². The number of benzene rings is 1. The molecule has 0 aliphatic carbocycles. The van der Waals surface area contributed by atoms with Gasteiger partial charge in [-0.15, -0.1) is 0 Å². The Balaban J connectivity index is 2.33. The number of anilines is 1. The lowest BCUT2D eigenvalue weighted by Crippen LogP contribution is -2.47. The van der Waals surface area contributed by atoms with Gasteiger partial charge in [0.15, 0.2) is 0 Å². The first-order valence-corrected chi connectivity index (χ1v) is 8.62. The summed E-state index contributed by atoms with van der Waals surface area (Å²) in [5.74, 6) is -0.0463. The molecule has 0 spiro atoms. The smallest absolute Gasteiger partial charge is 0.247 e. The molecule has 0 radical (unpaired) electrons. The van der Waals surface area contributed by atoms with Crippen LogP contribution in [-0.4, -0.2) is 63.9 Å². The van der Waals surface area contributed by atoms with Crippen molar-refractivity contribution < 1.29 is 17.9 Å². The minimum Gasteiger partial charge on any atom is -0.495 e. The highest BCUT2D eigenvalue weighted by Gasteiger charge is 2.28. The molecule has 1 fully saturated rings. The Kier molecular flexibility index (Phi) is 5.40. The summed E-state index contributed by atoms with van der Waals surface area (Å²) in [6.45, 7) is 5.65. The maximum Gasteiger partial charge on any atom is 0.247 e. The van der Waals surface area contributed by atoms with E-state index in [1.54, 1.807) is 0 Å². The highest BCUT2D eigenvalue weighted by molar-refractivity contribution is 7.89. The minimum absolute atomic E-state index is 0.127. The van der Waals surface area contributed by atoms with E-state index in [0.29, 0.717) is 37.6 Å². The molecule has 1 aliphatic rings. The molecular weight excluding hydrogens is 318 g/mol. The molecule has 1 saturated heterocycles. The van der Waals surface area contributed by atoms with Gasteiger partial charge in [0.1, 0.15) is 5.75 Å². The first-order chi connectivity index (χ1) is 10.9. The third-order valence-electron chi connectivity index (χ3n) is 3.71. The third kappa shape index (κ3) is 3.90. The average Bonchev–Trinajstić information content (AvgIpc) is 2.55. The van der Waals surface area contributed by atoms with Gasteiger partial charge in [0, 0.05) is 26.2 Å². The van der Waals surface area contributed by atoms with E-state index in [1.165, 1.54) is 29.6 Å². The number of likely N-dealkylation sites (N-methyl/N-ethyl adjacent to an activating group) is 1. The maximum atomic E-state index is 12.7. The van der Waals surface area contributed by atoms with Gasteiger partial charge in [-0.05, 0) is 31.3 Å². The van der Waals surface area contributed by atoms with Crippen LogP contribution in [0.4, 0.5) is 5.69 Å². The van der Waals surface area contributed by atoms with Crippen molar-refractivity contribution in [3.8, 4) is 5.75 Å². The fourth-order valence-corrected chi connectivity index (χ4v) is 3.76. The Labute approximate surface area is 136 Å². The van der Waals surface area contributed by atoms with Crippen LogP contribution in [0.3, 0.4) is 0 Å². The summed E-state index contributed by atoms with van der Waals surface area (Å²) < 4.78 is 32.1. The molecule has 1 amide bonds. The van der Waals surface area contributed by atoms with Gasteiger partial charge in [-0.2, -0.15) is 4.31 Å². The highest BCUT2D eigenvalue weighted by atomic mass is 32.2. The average molecular weight is 339 g/mol. The summed E-state index contributed by atoms with van der Waals surface area (Å²) in [5, 5.41) is 2.56. The fraction of sp³-hybridized carbons (Fsp3) is 0.400. The quantitative estimate of drug-likeness (QED) is 0.801.